The van der Waals surface area contributed by atoms with Crippen LogP contribution in [0.25, 0.3) is 44.3 Å². The molecule has 70 heavy (non-hydrogen) atoms. The van der Waals surface area contributed by atoms with Gasteiger partial charge in [0.2, 0.25) is 17.7 Å². The normalized spacial score (nSPS) is 18.4. The predicted octanol–water partition coefficient (Wildman–Crippen LogP) is 8.79. The Balaban J connectivity index is 1.27. The van der Waals surface area contributed by atoms with Gasteiger partial charge >= 0.3 is 0 Å². The van der Waals surface area contributed by atoms with E-state index in [-0.39, 0.29) is 67.2 Å². The molecule has 378 valence electrons. The molecule has 2 aromatic heterocycles. The van der Waals surface area contributed by atoms with Crippen LogP contribution >= 0.6 is 0 Å². The first-order valence-electron chi connectivity index (χ1n) is 26.0. The van der Waals surface area contributed by atoms with Crippen LogP contribution in [0.15, 0.2) is 72.8 Å². The fourth-order valence-electron chi connectivity index (χ4n) is 11.2. The molecule has 4 N–H and O–H groups in total. The summed E-state index contributed by atoms with van der Waals surface area (Å²) in [6, 6.07) is 24.1. The summed E-state index contributed by atoms with van der Waals surface area (Å²) in [4.78, 5) is 59.9. The second-order valence-corrected chi connectivity index (χ2v) is 22.3. The molecule has 2 saturated heterocycles. The molecule has 0 saturated carbocycles. The van der Waals surface area contributed by atoms with E-state index >= 15 is 0 Å². The number of aliphatic hydroxyl groups excluding tert-OH is 2. The van der Waals surface area contributed by atoms with Crippen LogP contribution in [0, 0.1) is 22.7 Å². The molecule has 6 atom stereocenters. The number of likely N-dealkylation sites (N-methyl/N-ethyl adjacent to an activating group) is 1. The third-order valence-electron chi connectivity index (χ3n) is 15.6. The van der Waals surface area contributed by atoms with Gasteiger partial charge in [-0.3, -0.25) is 19.2 Å². The maximum Gasteiger partial charge on any atom is 0.245 e. The Labute approximate surface area is 416 Å². The van der Waals surface area contributed by atoms with Crippen LogP contribution in [0.1, 0.15) is 112 Å². The van der Waals surface area contributed by atoms with Crippen molar-refractivity contribution in [3.63, 3.8) is 0 Å². The topological polar surface area (TPSA) is 149 Å². The van der Waals surface area contributed by atoms with Crippen LogP contribution in [0.3, 0.4) is 0 Å². The second-order valence-electron chi connectivity index (χ2n) is 22.3. The van der Waals surface area contributed by atoms with Gasteiger partial charge in [0.15, 0.2) is 0 Å². The van der Waals surface area contributed by atoms with Gasteiger partial charge in [-0.1, -0.05) is 116 Å². The zero-order valence-electron chi connectivity index (χ0n) is 43.6. The Bertz CT molecular complexity index is 2470. The summed E-state index contributed by atoms with van der Waals surface area (Å²) in [6.45, 7) is 19.9. The Kier molecular flexibility index (Phi) is 16.5. The largest absolute Gasteiger partial charge is 0.395 e. The van der Waals surface area contributed by atoms with Gasteiger partial charge < -0.3 is 39.8 Å². The number of fused-ring (bicyclic) bond motifs is 2. The highest BCUT2D eigenvalue weighted by Gasteiger charge is 2.42. The number of hydrogen-bond acceptors (Lipinski definition) is 7. The van der Waals surface area contributed by atoms with E-state index < -0.39 is 22.8 Å². The van der Waals surface area contributed by atoms with Crippen LogP contribution in [0.4, 0.5) is 0 Å². The molecule has 12 heteroatoms. The Morgan fingerprint density at radius 2 is 1.13 bits per heavy atom. The van der Waals surface area contributed by atoms with Crippen molar-refractivity contribution < 1.29 is 29.4 Å². The molecule has 12 nitrogen and oxygen atoms in total. The standard InChI is InChI=1S/C58H80N6O6/c1-11-37(2)54(68)60-53(58(7,8)9)56(70)62-29-17-19-42(62)35-46-44-21-13-15-23-49(44)64(31-33-66)52(46)40-26-24-39(25-27-40)51-45(43-20-12-14-22-48(43)63(51)30-32-65)34-41-18-16-28-61(41)55(69)47(57(4,5)6)36-50(67)38(3)59-10/h12-15,20-27,37-38,41-42,47,53,59,65-66H,11,16-19,28-36H2,1-10H3,(H,60,68)/t37-,38+,41+,42+,47?,53?/m1/s1. The lowest BCUT2D eigenvalue weighted by atomic mass is 9.76. The van der Waals surface area contributed by atoms with Crippen molar-refractivity contribution in [1.29, 1.82) is 0 Å². The first-order valence-corrected chi connectivity index (χ1v) is 26.0. The van der Waals surface area contributed by atoms with Gasteiger partial charge in [0.25, 0.3) is 0 Å². The minimum absolute atomic E-state index is 0.0391. The summed E-state index contributed by atoms with van der Waals surface area (Å²) in [5.41, 5.74) is 7.39. The van der Waals surface area contributed by atoms with E-state index in [4.69, 9.17) is 0 Å². The zero-order chi connectivity index (χ0) is 50.7. The Hall–Kier alpha value is -5.30. The molecule has 2 fully saturated rings. The smallest absolute Gasteiger partial charge is 0.245 e. The summed E-state index contributed by atoms with van der Waals surface area (Å²) in [5.74, 6) is -0.711. The predicted molar refractivity (Wildman–Crippen MR) is 281 cm³/mol. The molecule has 0 spiro atoms. The molecule has 2 aliphatic heterocycles. The number of amides is 3. The number of nitrogens with zero attached hydrogens (tertiary/aromatic N) is 4. The second kappa shape index (κ2) is 22.0. The molecule has 0 radical (unpaired) electrons. The van der Waals surface area contributed by atoms with Crippen molar-refractivity contribution in [3.8, 4) is 22.5 Å². The lowest BCUT2D eigenvalue weighted by Gasteiger charge is -2.36. The van der Waals surface area contributed by atoms with E-state index in [1.165, 1.54) is 0 Å². The number of likely N-dealkylation sites (tertiary alicyclic amines) is 2. The lowest BCUT2D eigenvalue weighted by Crippen LogP contribution is -2.56. The third kappa shape index (κ3) is 10.8. The first-order chi connectivity index (χ1) is 33.3. The third-order valence-corrected chi connectivity index (χ3v) is 15.6. The van der Waals surface area contributed by atoms with Crippen molar-refractivity contribution in [1.82, 2.24) is 29.6 Å². The molecule has 0 bridgehead atoms. The van der Waals surface area contributed by atoms with Crippen molar-refractivity contribution in [3.05, 3.63) is 83.9 Å². The van der Waals surface area contributed by atoms with Gasteiger partial charge in [0.1, 0.15) is 11.8 Å². The van der Waals surface area contributed by atoms with E-state index in [1.807, 2.05) is 69.5 Å². The average Bonchev–Trinajstić information content (AvgIpc) is 4.14. The molecule has 4 heterocycles. The summed E-state index contributed by atoms with van der Waals surface area (Å²) < 4.78 is 4.43. The minimum atomic E-state index is -0.663. The number of Topliss-reactive ketones (excluding diaryl/α,β-unsaturated/α-hetero) is 1. The molecule has 3 aromatic carbocycles. The SMILES string of the molecule is CC[C@@H](C)C(=O)NC(C(=O)N1CCC[C@H]1Cc1c(-c2ccc(-c3c(C[C@@H]4CCCN4C(=O)C(CC(=O)[C@H](C)NC)C(C)(C)C)c4ccccc4n3CCO)cc2)n(CCO)c2ccccc12)C(C)(C)C. The highest BCUT2D eigenvalue weighted by atomic mass is 16.3. The van der Waals surface area contributed by atoms with Gasteiger partial charge in [-0.15, -0.1) is 0 Å². The van der Waals surface area contributed by atoms with Gasteiger partial charge in [-0.25, -0.2) is 0 Å². The number of hydrogen-bond donors (Lipinski definition) is 4. The fraction of sp³-hybridized carbons (Fsp3) is 0.552. The molecule has 3 amide bonds. The number of aromatic nitrogens is 2. The number of aliphatic hydroxyl groups is 2. The molecule has 7 rings (SSSR count). The van der Waals surface area contributed by atoms with Crippen LogP contribution in [-0.4, -0.2) is 110 Å². The fourth-order valence-corrected chi connectivity index (χ4v) is 11.2. The summed E-state index contributed by atoms with van der Waals surface area (Å²) >= 11 is 0. The van der Waals surface area contributed by atoms with Gasteiger partial charge in [-0.05, 0) is 104 Å². The number of rotatable bonds is 19. The molecular formula is C58H80N6O6. The lowest BCUT2D eigenvalue weighted by molar-refractivity contribution is -0.143. The van der Waals surface area contributed by atoms with Crippen molar-refractivity contribution >= 4 is 45.3 Å². The van der Waals surface area contributed by atoms with E-state index in [9.17, 15) is 29.4 Å². The van der Waals surface area contributed by atoms with Crippen LogP contribution < -0.4 is 10.6 Å². The first kappa shape index (κ1) is 52.5. The number of nitrogens with one attached hydrogen (secondary N) is 2. The highest BCUT2D eigenvalue weighted by molar-refractivity contribution is 5.95. The van der Waals surface area contributed by atoms with Crippen LogP contribution in [-0.2, 0) is 45.1 Å². The summed E-state index contributed by atoms with van der Waals surface area (Å²) in [6.07, 6.45) is 5.57. The van der Waals surface area contributed by atoms with E-state index in [1.54, 1.807) is 7.05 Å². The van der Waals surface area contributed by atoms with Gasteiger partial charge in [0, 0.05) is 78.3 Å². The van der Waals surface area contributed by atoms with Crippen molar-refractivity contribution in [2.24, 2.45) is 22.7 Å². The van der Waals surface area contributed by atoms with Gasteiger partial charge in [0.05, 0.1) is 30.6 Å². The highest BCUT2D eigenvalue weighted by Crippen LogP contribution is 2.42. The van der Waals surface area contributed by atoms with E-state index in [0.29, 0.717) is 45.4 Å². The molecule has 5 aromatic rings. The number of para-hydroxylation sites is 2. The maximum absolute atomic E-state index is 14.7. The number of ketones is 1. The molecule has 2 unspecified atom stereocenters. The zero-order valence-corrected chi connectivity index (χ0v) is 43.6. The summed E-state index contributed by atoms with van der Waals surface area (Å²) in [5, 5.41) is 29.4. The number of carbonyl (C=O) groups excluding carboxylic acids is 4. The van der Waals surface area contributed by atoms with Crippen molar-refractivity contribution in [2.75, 3.05) is 33.4 Å². The van der Waals surface area contributed by atoms with Crippen molar-refractivity contribution in [2.45, 2.75) is 151 Å². The Morgan fingerprint density at radius 3 is 1.54 bits per heavy atom. The van der Waals surface area contributed by atoms with Crippen LogP contribution in [0.5, 0.6) is 0 Å². The minimum Gasteiger partial charge on any atom is -0.395 e. The quantitative estimate of drug-likeness (QED) is 0.0647. The molecule has 2 aliphatic rings. The summed E-state index contributed by atoms with van der Waals surface area (Å²) in [7, 11) is 1.78. The monoisotopic (exact) mass is 957 g/mol. The Morgan fingerprint density at radius 1 is 0.671 bits per heavy atom. The number of benzene rings is 3. The number of carbonyl (C=O) groups is 4. The van der Waals surface area contributed by atoms with E-state index in [2.05, 4.69) is 95.1 Å². The molecular weight excluding hydrogens is 877 g/mol. The average molecular weight is 957 g/mol. The molecule has 0 aliphatic carbocycles. The van der Waals surface area contributed by atoms with Gasteiger partial charge in [-0.2, -0.15) is 0 Å². The van der Waals surface area contributed by atoms with Crippen LogP contribution in [0.2, 0.25) is 0 Å². The maximum atomic E-state index is 14.7. The van der Waals surface area contributed by atoms with E-state index in [0.717, 1.165) is 81.1 Å².